The van der Waals surface area contributed by atoms with Gasteiger partial charge in [-0.2, -0.15) is 0 Å². The minimum absolute atomic E-state index is 0.0647. The van der Waals surface area contributed by atoms with E-state index in [4.69, 9.17) is 0 Å². The van der Waals surface area contributed by atoms with Crippen LogP contribution in [0.2, 0.25) is 0 Å². The van der Waals surface area contributed by atoms with Gasteiger partial charge in [-0.05, 0) is 20.8 Å². The van der Waals surface area contributed by atoms with E-state index in [1.54, 1.807) is 0 Å². The largest absolute Gasteiger partial charge is 0.392 e. The van der Waals surface area contributed by atoms with E-state index in [0.29, 0.717) is 6.54 Å². The Labute approximate surface area is 74.4 Å². The van der Waals surface area contributed by atoms with Crippen molar-refractivity contribution >= 4 is 0 Å². The summed E-state index contributed by atoms with van der Waals surface area (Å²) in [6, 6.07) is 0.194. The summed E-state index contributed by atoms with van der Waals surface area (Å²) in [7, 11) is 0. The number of hydrogen-bond acceptors (Lipinski definition) is 2. The molecule has 0 bridgehead atoms. The van der Waals surface area contributed by atoms with Crippen LogP contribution in [0, 0.1) is 17.3 Å². The molecule has 1 heterocycles. The van der Waals surface area contributed by atoms with Crippen LogP contribution >= 0.6 is 0 Å². The maximum absolute atomic E-state index is 9.20. The van der Waals surface area contributed by atoms with Crippen LogP contribution in [0.5, 0.6) is 0 Å². The molecular formula is C10H17NO. The molecular weight excluding hydrogens is 150 g/mol. The van der Waals surface area contributed by atoms with E-state index < -0.39 is 0 Å². The van der Waals surface area contributed by atoms with Gasteiger partial charge in [0, 0.05) is 18.4 Å². The fourth-order valence-corrected chi connectivity index (χ4v) is 1.13. The Morgan fingerprint density at radius 2 is 2.08 bits per heavy atom. The molecule has 0 unspecified atom stereocenters. The zero-order valence-corrected chi connectivity index (χ0v) is 8.02. The fourth-order valence-electron chi connectivity index (χ4n) is 1.13. The van der Waals surface area contributed by atoms with Crippen molar-refractivity contribution in [2.75, 3.05) is 6.54 Å². The zero-order chi connectivity index (χ0) is 9.19. The summed E-state index contributed by atoms with van der Waals surface area (Å²) >= 11 is 0. The van der Waals surface area contributed by atoms with E-state index in [1.807, 2.05) is 0 Å². The van der Waals surface area contributed by atoms with E-state index in [0.717, 1.165) is 6.42 Å². The van der Waals surface area contributed by atoms with Gasteiger partial charge in [-0.25, -0.2) is 0 Å². The average Bonchev–Trinajstić information content (AvgIpc) is 2.30. The minimum atomic E-state index is -0.204. The first kappa shape index (κ1) is 9.57. The number of aliphatic hydroxyl groups is 1. The van der Waals surface area contributed by atoms with Crippen LogP contribution in [-0.2, 0) is 0 Å². The summed E-state index contributed by atoms with van der Waals surface area (Å²) in [5.41, 5.74) is 0.0647. The maximum Gasteiger partial charge on any atom is 0.0715 e. The summed E-state index contributed by atoms with van der Waals surface area (Å²) in [5, 5.41) is 12.4. The van der Waals surface area contributed by atoms with Crippen LogP contribution in [-0.4, -0.2) is 23.8 Å². The Hall–Kier alpha value is -0.520. The molecule has 0 radical (unpaired) electrons. The van der Waals surface area contributed by atoms with Gasteiger partial charge in [0.25, 0.3) is 0 Å². The van der Waals surface area contributed by atoms with Gasteiger partial charge in [0.2, 0.25) is 0 Å². The highest BCUT2D eigenvalue weighted by atomic mass is 16.3. The molecule has 1 saturated heterocycles. The smallest absolute Gasteiger partial charge is 0.0715 e. The van der Waals surface area contributed by atoms with Crippen molar-refractivity contribution < 1.29 is 5.11 Å². The highest BCUT2D eigenvalue weighted by Crippen LogP contribution is 2.11. The van der Waals surface area contributed by atoms with Crippen molar-refractivity contribution in [2.45, 2.75) is 39.3 Å². The summed E-state index contributed by atoms with van der Waals surface area (Å²) in [6.45, 7) is 6.95. The fraction of sp³-hybridized carbons (Fsp3) is 0.800. The zero-order valence-electron chi connectivity index (χ0n) is 8.02. The third kappa shape index (κ3) is 3.25. The maximum atomic E-state index is 9.20. The topological polar surface area (TPSA) is 32.3 Å². The predicted molar refractivity (Wildman–Crippen MR) is 49.6 cm³/mol. The van der Waals surface area contributed by atoms with E-state index in [2.05, 4.69) is 37.9 Å². The molecule has 0 aromatic heterocycles. The molecule has 12 heavy (non-hydrogen) atoms. The monoisotopic (exact) mass is 167 g/mol. The lowest BCUT2D eigenvalue weighted by Gasteiger charge is -2.08. The molecule has 0 aliphatic carbocycles. The standard InChI is InChI=1S/C10H17NO/c1-10(2,3)5-4-8-6-9(12)7-11-8/h8-9,11-12H,6-7H2,1-3H3/t8-,9+/m0/s1. The molecule has 2 nitrogen and oxygen atoms in total. The van der Waals surface area contributed by atoms with E-state index >= 15 is 0 Å². The number of nitrogens with one attached hydrogen (secondary N) is 1. The Morgan fingerprint density at radius 1 is 1.42 bits per heavy atom. The Morgan fingerprint density at radius 3 is 2.50 bits per heavy atom. The van der Waals surface area contributed by atoms with Gasteiger partial charge in [0.15, 0.2) is 0 Å². The molecule has 1 rings (SSSR count). The molecule has 2 atom stereocenters. The first-order chi connectivity index (χ1) is 5.47. The molecule has 1 aliphatic heterocycles. The molecule has 1 fully saturated rings. The van der Waals surface area contributed by atoms with Gasteiger partial charge < -0.3 is 10.4 Å². The summed E-state index contributed by atoms with van der Waals surface area (Å²) in [4.78, 5) is 0. The molecule has 68 valence electrons. The van der Waals surface area contributed by atoms with Crippen LogP contribution in [0.3, 0.4) is 0 Å². The molecule has 0 saturated carbocycles. The van der Waals surface area contributed by atoms with Crippen molar-refractivity contribution in [1.29, 1.82) is 0 Å². The molecule has 0 aromatic rings. The molecule has 2 N–H and O–H groups in total. The van der Waals surface area contributed by atoms with Gasteiger partial charge in [0.05, 0.1) is 12.1 Å². The second-order valence-electron chi connectivity index (χ2n) is 4.37. The molecule has 0 amide bonds. The minimum Gasteiger partial charge on any atom is -0.392 e. The predicted octanol–water partition coefficient (Wildman–Crippen LogP) is 0.759. The van der Waals surface area contributed by atoms with Crippen LogP contribution < -0.4 is 5.32 Å². The SMILES string of the molecule is CC(C)(C)C#C[C@H]1C[C@@H](O)CN1. The first-order valence-corrected chi connectivity index (χ1v) is 4.41. The van der Waals surface area contributed by atoms with Gasteiger partial charge in [-0.15, -0.1) is 0 Å². The van der Waals surface area contributed by atoms with E-state index in [1.165, 1.54) is 0 Å². The van der Waals surface area contributed by atoms with Gasteiger partial charge >= 0.3 is 0 Å². The summed E-state index contributed by atoms with van der Waals surface area (Å²) in [5.74, 6) is 6.29. The van der Waals surface area contributed by atoms with Crippen molar-refractivity contribution in [3.63, 3.8) is 0 Å². The van der Waals surface area contributed by atoms with E-state index in [9.17, 15) is 5.11 Å². The van der Waals surface area contributed by atoms with Crippen LogP contribution in [0.4, 0.5) is 0 Å². The Kier molecular flexibility index (Phi) is 2.76. The van der Waals surface area contributed by atoms with Gasteiger partial charge in [0.1, 0.15) is 0 Å². The average molecular weight is 167 g/mol. The number of aliphatic hydroxyl groups excluding tert-OH is 1. The Bertz CT molecular complexity index is 206. The normalized spacial score (nSPS) is 29.7. The lowest BCUT2D eigenvalue weighted by Crippen LogP contribution is -2.20. The third-order valence-corrected chi connectivity index (χ3v) is 1.73. The summed E-state index contributed by atoms with van der Waals surface area (Å²) in [6.07, 6.45) is 0.563. The van der Waals surface area contributed by atoms with Crippen molar-refractivity contribution in [3.8, 4) is 11.8 Å². The number of hydrogen-bond donors (Lipinski definition) is 2. The highest BCUT2D eigenvalue weighted by molar-refractivity contribution is 5.14. The van der Waals surface area contributed by atoms with Gasteiger partial charge in [-0.3, -0.25) is 0 Å². The Balaban J connectivity index is 2.45. The molecule has 1 aliphatic rings. The molecule has 0 spiro atoms. The lowest BCUT2D eigenvalue weighted by atomic mass is 9.97. The second-order valence-corrected chi connectivity index (χ2v) is 4.37. The third-order valence-electron chi connectivity index (χ3n) is 1.73. The lowest BCUT2D eigenvalue weighted by molar-refractivity contribution is 0.195. The van der Waals surface area contributed by atoms with Crippen LogP contribution in [0.25, 0.3) is 0 Å². The first-order valence-electron chi connectivity index (χ1n) is 4.41. The quantitative estimate of drug-likeness (QED) is 0.522. The molecule has 2 heteroatoms. The van der Waals surface area contributed by atoms with Crippen LogP contribution in [0.1, 0.15) is 27.2 Å². The van der Waals surface area contributed by atoms with Crippen molar-refractivity contribution in [3.05, 3.63) is 0 Å². The number of rotatable bonds is 0. The van der Waals surface area contributed by atoms with E-state index in [-0.39, 0.29) is 17.6 Å². The van der Waals surface area contributed by atoms with Crippen LogP contribution in [0.15, 0.2) is 0 Å². The number of β-amino-alcohol motifs (C(OH)–C–C–N with tert-alkyl or cyclic N) is 1. The summed E-state index contributed by atoms with van der Waals surface area (Å²) < 4.78 is 0. The molecule has 0 aromatic carbocycles. The van der Waals surface area contributed by atoms with Gasteiger partial charge in [-0.1, -0.05) is 11.8 Å². The highest BCUT2D eigenvalue weighted by Gasteiger charge is 2.20. The second kappa shape index (κ2) is 3.47. The van der Waals surface area contributed by atoms with Crippen molar-refractivity contribution in [1.82, 2.24) is 5.32 Å². The van der Waals surface area contributed by atoms with Crippen molar-refractivity contribution in [2.24, 2.45) is 5.41 Å².